The van der Waals surface area contributed by atoms with E-state index >= 15 is 0 Å². The van der Waals surface area contributed by atoms with Crippen LogP contribution in [0.2, 0.25) is 19.1 Å². The van der Waals surface area contributed by atoms with Crippen LogP contribution < -0.4 is 10.6 Å². The number of carbonyl (C=O) groups is 4. The van der Waals surface area contributed by atoms with Crippen LogP contribution in [-0.2, 0) is 25.6 Å². The van der Waals surface area contributed by atoms with E-state index in [0.717, 1.165) is 68.9 Å². The number of carbonyl (C=O) groups excluding carboxylic acids is 4. The zero-order valence-electron chi connectivity index (χ0n) is 34.5. The van der Waals surface area contributed by atoms with Gasteiger partial charge in [-0.2, -0.15) is 0 Å². The second-order valence-corrected chi connectivity index (χ2v) is 22.2. The summed E-state index contributed by atoms with van der Waals surface area (Å²) in [6.07, 6.45) is 3.07. The van der Waals surface area contributed by atoms with Gasteiger partial charge in [0, 0.05) is 17.6 Å². The fourth-order valence-electron chi connectivity index (χ4n) is 8.03. The third-order valence-corrected chi connectivity index (χ3v) is 14.0. The van der Waals surface area contributed by atoms with Crippen molar-refractivity contribution in [3.8, 4) is 22.4 Å². The van der Waals surface area contributed by atoms with Gasteiger partial charge in [-0.15, -0.1) is 0 Å². The van der Waals surface area contributed by atoms with Crippen LogP contribution in [0.4, 0.5) is 9.59 Å². The number of aromatic amines is 2. The Kier molecular flexibility index (Phi) is 11.4. The van der Waals surface area contributed by atoms with Crippen LogP contribution >= 0.6 is 0 Å². The molecule has 1 saturated carbocycles. The minimum atomic E-state index is -1.77. The molecule has 2 aromatic heterocycles. The van der Waals surface area contributed by atoms with E-state index in [4.69, 9.17) is 14.5 Å². The number of hydrogen-bond donors (Lipinski definition) is 4. The van der Waals surface area contributed by atoms with Crippen molar-refractivity contribution in [1.29, 1.82) is 0 Å². The van der Waals surface area contributed by atoms with Crippen LogP contribution in [-0.4, -0.2) is 100 Å². The summed E-state index contributed by atoms with van der Waals surface area (Å²) in [4.78, 5) is 72.1. The molecule has 4 amide bonds. The summed E-state index contributed by atoms with van der Waals surface area (Å²) in [7, 11) is 0.821. The lowest BCUT2D eigenvalue weighted by molar-refractivity contribution is -0.136. The molecule has 5 aromatic rings. The maximum absolute atomic E-state index is 14.0. The topological polar surface area (TPSA) is 175 Å². The van der Waals surface area contributed by atoms with Gasteiger partial charge < -0.3 is 39.9 Å². The number of H-pyrrole nitrogens is 2. The van der Waals surface area contributed by atoms with Crippen molar-refractivity contribution in [3.63, 3.8) is 0 Å². The van der Waals surface area contributed by atoms with Crippen LogP contribution in [0.1, 0.15) is 58.2 Å². The summed E-state index contributed by atoms with van der Waals surface area (Å²) in [6.45, 7) is 12.5. The van der Waals surface area contributed by atoms with E-state index in [1.807, 2.05) is 43.6 Å². The van der Waals surface area contributed by atoms with Crippen LogP contribution in [0.15, 0.2) is 60.8 Å². The van der Waals surface area contributed by atoms with Crippen molar-refractivity contribution in [3.05, 3.63) is 72.4 Å². The van der Waals surface area contributed by atoms with E-state index in [0.29, 0.717) is 18.5 Å². The number of imidazole rings is 2. The van der Waals surface area contributed by atoms with Crippen molar-refractivity contribution in [2.24, 2.45) is 11.8 Å². The molecular formula is C43H54N8O6Si. The average Bonchev–Trinajstić information content (AvgIpc) is 3.61. The van der Waals surface area contributed by atoms with Gasteiger partial charge in [0.05, 0.1) is 57.8 Å². The Morgan fingerprint density at radius 2 is 1.50 bits per heavy atom. The molecule has 3 heterocycles. The van der Waals surface area contributed by atoms with Crippen LogP contribution in [0.5, 0.6) is 0 Å². The Labute approximate surface area is 339 Å². The summed E-state index contributed by atoms with van der Waals surface area (Å²) >= 11 is 0. The maximum atomic E-state index is 14.0. The number of amides is 4. The lowest BCUT2D eigenvalue weighted by Gasteiger charge is -2.30. The molecule has 3 aromatic carbocycles. The SMILES string of the molecule is COC(=O)NC(C(=O)N(Cc1ncc(-c2ccc(-c3ccc4c(ccc5[nH]c([C@@H]6C[Si](C)(C)CN6C(=O)C(NC(=O)OC)C(C)C)nc54)c3)cc2)[nH]1)C1CC1)C(C)C. The highest BCUT2D eigenvalue weighted by Gasteiger charge is 2.46. The predicted octanol–water partition coefficient (Wildman–Crippen LogP) is 7.16. The molecule has 58 heavy (non-hydrogen) atoms. The number of methoxy groups -OCH3 is 2. The normalized spacial score (nSPS) is 17.4. The van der Waals surface area contributed by atoms with Crippen molar-refractivity contribution < 1.29 is 28.7 Å². The summed E-state index contributed by atoms with van der Waals surface area (Å²) in [6, 6.07) is 18.2. The highest BCUT2D eigenvalue weighted by molar-refractivity contribution is 6.78. The first-order chi connectivity index (χ1) is 27.7. The lowest BCUT2D eigenvalue weighted by atomic mass is 9.99. The first-order valence-corrected chi connectivity index (χ1v) is 23.4. The van der Waals surface area contributed by atoms with E-state index in [1.54, 1.807) is 6.20 Å². The van der Waals surface area contributed by atoms with E-state index in [-0.39, 0.29) is 35.7 Å². The highest BCUT2D eigenvalue weighted by Crippen LogP contribution is 2.39. The summed E-state index contributed by atoms with van der Waals surface area (Å²) in [5.41, 5.74) is 5.71. The molecule has 2 aliphatic rings. The number of nitrogens with zero attached hydrogens (tertiary/aromatic N) is 4. The third kappa shape index (κ3) is 8.45. The Bertz CT molecular complexity index is 2330. The molecule has 1 aliphatic heterocycles. The van der Waals surface area contributed by atoms with E-state index < -0.39 is 32.3 Å². The molecule has 0 spiro atoms. The molecular weight excluding hydrogens is 753 g/mol. The first kappa shape index (κ1) is 40.5. The summed E-state index contributed by atoms with van der Waals surface area (Å²) < 4.78 is 9.59. The summed E-state index contributed by atoms with van der Waals surface area (Å²) in [5, 5.41) is 7.53. The zero-order chi connectivity index (χ0) is 41.5. The van der Waals surface area contributed by atoms with E-state index in [1.165, 1.54) is 14.2 Å². The second-order valence-electron chi connectivity index (χ2n) is 17.1. The maximum Gasteiger partial charge on any atom is 0.407 e. The van der Waals surface area contributed by atoms with Gasteiger partial charge in [0.15, 0.2) is 0 Å². The quantitative estimate of drug-likeness (QED) is 0.0962. The number of nitrogens with one attached hydrogen (secondary N) is 4. The van der Waals surface area contributed by atoms with E-state index in [2.05, 4.69) is 87.2 Å². The molecule has 0 radical (unpaired) electrons. The van der Waals surface area contributed by atoms with Gasteiger partial charge in [0.1, 0.15) is 23.7 Å². The Morgan fingerprint density at radius 1 is 0.862 bits per heavy atom. The van der Waals surface area contributed by atoms with Gasteiger partial charge >= 0.3 is 12.2 Å². The largest absolute Gasteiger partial charge is 0.453 e. The second kappa shape index (κ2) is 16.3. The average molecular weight is 807 g/mol. The van der Waals surface area contributed by atoms with Crippen molar-refractivity contribution in [1.82, 2.24) is 40.4 Å². The minimum Gasteiger partial charge on any atom is -0.453 e. The Balaban J connectivity index is 1.08. The Hall–Kier alpha value is -5.70. The summed E-state index contributed by atoms with van der Waals surface area (Å²) in [5.74, 6) is 0.960. The number of benzene rings is 3. The van der Waals surface area contributed by atoms with Crippen LogP contribution in [0.25, 0.3) is 44.2 Å². The molecule has 7 rings (SSSR count). The number of rotatable bonds is 12. The number of fused-ring (bicyclic) bond motifs is 3. The fraction of sp³-hybridized carbons (Fsp3) is 0.442. The van der Waals surface area contributed by atoms with Gasteiger partial charge in [-0.3, -0.25) is 9.59 Å². The number of aromatic nitrogens is 4. The Morgan fingerprint density at radius 3 is 2.14 bits per heavy atom. The smallest absolute Gasteiger partial charge is 0.407 e. The van der Waals surface area contributed by atoms with Crippen LogP contribution in [0.3, 0.4) is 0 Å². The minimum absolute atomic E-state index is 0.108. The standard InChI is InChI=1S/C43H54N8O6Si/c1-24(2)36(48-42(54)56-5)40(52)50(30-15-16-30)21-35-44-20-33(45-35)27-11-9-26(10-12-27)28-13-17-31-29(19-28)14-18-32-38(31)47-39(46-32)34-22-58(7,8)23-51(34)41(53)37(25(3)4)49-43(55)57-6/h9-14,17-20,24-25,30,34,36-37H,15-16,21-23H2,1-8H3,(H,44,45)(H,46,47)(H,48,54)(H,49,55)/t34-,36?,37?/m0/s1. The zero-order valence-corrected chi connectivity index (χ0v) is 35.5. The highest BCUT2D eigenvalue weighted by atomic mass is 28.3. The monoisotopic (exact) mass is 806 g/mol. The lowest BCUT2D eigenvalue weighted by Crippen LogP contribution is -2.52. The molecule has 14 nitrogen and oxygen atoms in total. The van der Waals surface area contributed by atoms with Gasteiger partial charge in [0.25, 0.3) is 0 Å². The van der Waals surface area contributed by atoms with Crippen molar-refractivity contribution in [2.45, 2.75) is 90.4 Å². The van der Waals surface area contributed by atoms with Gasteiger partial charge in [-0.25, -0.2) is 19.6 Å². The van der Waals surface area contributed by atoms with Gasteiger partial charge in [0.2, 0.25) is 11.8 Å². The molecule has 0 bridgehead atoms. The van der Waals surface area contributed by atoms with Crippen molar-refractivity contribution in [2.75, 3.05) is 20.4 Å². The van der Waals surface area contributed by atoms with Gasteiger partial charge in [-0.05, 0) is 64.9 Å². The molecule has 3 atom stereocenters. The third-order valence-electron chi connectivity index (χ3n) is 11.3. The molecule has 2 fully saturated rings. The number of hydrogen-bond acceptors (Lipinski definition) is 8. The van der Waals surface area contributed by atoms with Crippen molar-refractivity contribution >= 4 is 53.9 Å². The van der Waals surface area contributed by atoms with E-state index in [9.17, 15) is 19.2 Å². The molecule has 4 N–H and O–H groups in total. The predicted molar refractivity (Wildman–Crippen MR) is 225 cm³/mol. The van der Waals surface area contributed by atoms with Crippen LogP contribution in [0, 0.1) is 11.8 Å². The van der Waals surface area contributed by atoms with Gasteiger partial charge in [-0.1, -0.05) is 83.3 Å². The fourth-order valence-corrected chi connectivity index (χ4v) is 10.9. The number of ether oxygens (including phenoxy) is 2. The molecule has 1 saturated heterocycles. The first-order valence-electron chi connectivity index (χ1n) is 20.0. The molecule has 306 valence electrons. The molecule has 1 aliphatic carbocycles. The molecule has 2 unspecified atom stereocenters. The molecule has 15 heteroatoms. The number of alkyl carbamates (subject to hydrolysis) is 2.